The van der Waals surface area contributed by atoms with Crippen LogP contribution in [0.2, 0.25) is 0 Å². The number of esters is 1. The number of carbonyl (C=O) groups is 1. The van der Waals surface area contributed by atoms with Crippen molar-refractivity contribution < 1.29 is 19.0 Å². The molecule has 2 aliphatic rings. The van der Waals surface area contributed by atoms with Crippen molar-refractivity contribution in [3.8, 4) is 0 Å². The summed E-state index contributed by atoms with van der Waals surface area (Å²) in [5, 5.41) is 0. The van der Waals surface area contributed by atoms with Crippen LogP contribution in [0.1, 0.15) is 20.8 Å². The van der Waals surface area contributed by atoms with Gasteiger partial charge in [0, 0.05) is 0 Å². The lowest BCUT2D eigenvalue weighted by Gasteiger charge is -2.19. The number of hydrogen-bond acceptors (Lipinski definition) is 4. The summed E-state index contributed by atoms with van der Waals surface area (Å²) in [6, 6.07) is 0. The fourth-order valence-electron chi connectivity index (χ4n) is 1.93. The Morgan fingerprint density at radius 3 is 2.94 bits per heavy atom. The van der Waals surface area contributed by atoms with Gasteiger partial charge in [0.25, 0.3) is 0 Å². The van der Waals surface area contributed by atoms with E-state index in [2.05, 4.69) is 0 Å². The van der Waals surface area contributed by atoms with E-state index in [1.54, 1.807) is 19.1 Å². The van der Waals surface area contributed by atoms with Crippen LogP contribution in [0, 0.1) is 0 Å². The third-order valence-corrected chi connectivity index (χ3v) is 2.52. The minimum atomic E-state index is -0.657. The van der Waals surface area contributed by atoms with Gasteiger partial charge in [0.2, 0.25) is 0 Å². The van der Waals surface area contributed by atoms with Crippen LogP contribution in [0.3, 0.4) is 0 Å². The molecule has 0 amide bonds. The summed E-state index contributed by atoms with van der Waals surface area (Å²) < 4.78 is 16.3. The minimum Gasteiger partial charge on any atom is -0.463 e. The summed E-state index contributed by atoms with van der Waals surface area (Å²) in [6.07, 6.45) is 4.88. The molecule has 1 heterocycles. The quantitative estimate of drug-likeness (QED) is 0.668. The zero-order valence-electron chi connectivity index (χ0n) is 9.73. The van der Waals surface area contributed by atoms with Gasteiger partial charge in [0.1, 0.15) is 12.2 Å². The molecule has 1 fully saturated rings. The average molecular weight is 224 g/mol. The van der Waals surface area contributed by atoms with Crippen LogP contribution in [0.4, 0.5) is 0 Å². The van der Waals surface area contributed by atoms with E-state index in [9.17, 15) is 4.79 Å². The topological polar surface area (TPSA) is 44.8 Å². The summed E-state index contributed by atoms with van der Waals surface area (Å²) in [6.45, 7) is 5.82. The largest absolute Gasteiger partial charge is 0.463 e. The lowest BCUT2D eigenvalue weighted by Crippen LogP contribution is -2.30. The van der Waals surface area contributed by atoms with Gasteiger partial charge in [-0.3, -0.25) is 0 Å². The van der Waals surface area contributed by atoms with E-state index in [-0.39, 0.29) is 18.2 Å². The molecule has 1 aliphatic heterocycles. The van der Waals surface area contributed by atoms with Crippen molar-refractivity contribution in [2.24, 2.45) is 0 Å². The highest BCUT2D eigenvalue weighted by atomic mass is 16.8. The zero-order chi connectivity index (χ0) is 11.8. The summed E-state index contributed by atoms with van der Waals surface area (Å²) in [5.41, 5.74) is 0.528. The monoisotopic (exact) mass is 224 g/mol. The minimum absolute atomic E-state index is 0.195. The molecule has 16 heavy (non-hydrogen) atoms. The van der Waals surface area contributed by atoms with E-state index in [1.165, 1.54) is 0 Å². The Labute approximate surface area is 94.9 Å². The van der Waals surface area contributed by atoms with Crippen molar-refractivity contribution in [2.45, 2.75) is 38.8 Å². The molecule has 2 rings (SSSR count). The summed E-state index contributed by atoms with van der Waals surface area (Å²) in [4.78, 5) is 11.7. The number of ether oxygens (including phenoxy) is 3. The number of rotatable bonds is 2. The smallest absolute Gasteiger partial charge is 0.336 e. The molecule has 2 atom stereocenters. The van der Waals surface area contributed by atoms with Gasteiger partial charge in [-0.15, -0.1) is 0 Å². The Hall–Kier alpha value is -1.13. The molecule has 0 spiro atoms. The van der Waals surface area contributed by atoms with Crippen LogP contribution in [-0.2, 0) is 19.0 Å². The molecule has 0 aromatic rings. The van der Waals surface area contributed by atoms with E-state index in [1.807, 2.05) is 19.9 Å². The highest BCUT2D eigenvalue weighted by Crippen LogP contribution is 2.34. The van der Waals surface area contributed by atoms with Gasteiger partial charge >= 0.3 is 5.97 Å². The van der Waals surface area contributed by atoms with E-state index in [0.29, 0.717) is 12.2 Å². The standard InChI is InChI=1S/C12H16O4/c1-4-14-11(13)8-6-5-7-9-10(8)16-12(2,3)15-9/h5-7,9-10H,4H2,1-3H3/t9-,10+/m0/s1. The predicted octanol–water partition coefficient (Wildman–Crippen LogP) is 1.57. The van der Waals surface area contributed by atoms with Gasteiger partial charge in [0.15, 0.2) is 5.79 Å². The van der Waals surface area contributed by atoms with Crippen LogP contribution >= 0.6 is 0 Å². The second kappa shape index (κ2) is 4.03. The predicted molar refractivity (Wildman–Crippen MR) is 57.7 cm³/mol. The van der Waals surface area contributed by atoms with Gasteiger partial charge < -0.3 is 14.2 Å². The maximum Gasteiger partial charge on any atom is 0.336 e. The van der Waals surface area contributed by atoms with Gasteiger partial charge in [-0.1, -0.05) is 12.2 Å². The van der Waals surface area contributed by atoms with Crippen LogP contribution in [0.15, 0.2) is 23.8 Å². The first-order valence-electron chi connectivity index (χ1n) is 5.44. The van der Waals surface area contributed by atoms with Gasteiger partial charge in [-0.05, 0) is 26.8 Å². The summed E-state index contributed by atoms with van der Waals surface area (Å²) in [7, 11) is 0. The molecule has 1 aliphatic carbocycles. The lowest BCUT2D eigenvalue weighted by atomic mass is 9.99. The van der Waals surface area contributed by atoms with Crippen molar-refractivity contribution in [3.05, 3.63) is 23.8 Å². The van der Waals surface area contributed by atoms with E-state index in [4.69, 9.17) is 14.2 Å². The first-order valence-corrected chi connectivity index (χ1v) is 5.44. The Kier molecular flexibility index (Phi) is 2.86. The normalized spacial score (nSPS) is 30.8. The Morgan fingerprint density at radius 2 is 2.25 bits per heavy atom. The van der Waals surface area contributed by atoms with Crippen molar-refractivity contribution in [2.75, 3.05) is 6.61 Å². The van der Waals surface area contributed by atoms with Crippen LogP contribution in [0.25, 0.3) is 0 Å². The summed E-state index contributed by atoms with van der Waals surface area (Å²) in [5.74, 6) is -0.988. The molecule has 0 unspecified atom stereocenters. The van der Waals surface area contributed by atoms with Crippen molar-refractivity contribution >= 4 is 5.97 Å². The van der Waals surface area contributed by atoms with Crippen molar-refractivity contribution in [1.82, 2.24) is 0 Å². The number of fused-ring (bicyclic) bond motifs is 1. The first kappa shape index (κ1) is 11.4. The molecule has 0 radical (unpaired) electrons. The highest BCUT2D eigenvalue weighted by Gasteiger charge is 2.44. The maximum absolute atomic E-state index is 11.7. The first-order chi connectivity index (χ1) is 7.53. The number of hydrogen-bond donors (Lipinski definition) is 0. The van der Waals surface area contributed by atoms with Crippen LogP contribution in [0.5, 0.6) is 0 Å². The number of allylic oxidation sites excluding steroid dienone is 2. The zero-order valence-corrected chi connectivity index (χ0v) is 9.73. The van der Waals surface area contributed by atoms with E-state index >= 15 is 0 Å². The van der Waals surface area contributed by atoms with Gasteiger partial charge in [0.05, 0.1) is 12.2 Å². The Bertz CT molecular complexity index is 354. The highest BCUT2D eigenvalue weighted by molar-refractivity contribution is 5.90. The lowest BCUT2D eigenvalue weighted by molar-refractivity contribution is -0.146. The molecule has 0 aromatic carbocycles. The molecular weight excluding hydrogens is 208 g/mol. The Balaban J connectivity index is 2.18. The molecule has 88 valence electrons. The van der Waals surface area contributed by atoms with Gasteiger partial charge in [-0.2, -0.15) is 0 Å². The molecule has 0 saturated carbocycles. The molecule has 0 bridgehead atoms. The third kappa shape index (κ3) is 2.03. The average Bonchev–Trinajstić information content (AvgIpc) is 2.51. The van der Waals surface area contributed by atoms with Crippen LogP contribution in [-0.4, -0.2) is 30.6 Å². The molecule has 0 N–H and O–H groups in total. The van der Waals surface area contributed by atoms with Crippen molar-refractivity contribution in [1.29, 1.82) is 0 Å². The Morgan fingerprint density at radius 1 is 1.50 bits per heavy atom. The van der Waals surface area contributed by atoms with Gasteiger partial charge in [-0.25, -0.2) is 4.79 Å². The SMILES string of the molecule is CCOC(=O)C1=CC=C[C@@H]2OC(C)(C)O[C@H]12. The molecular formula is C12H16O4. The molecule has 4 heteroatoms. The summed E-state index contributed by atoms with van der Waals surface area (Å²) >= 11 is 0. The van der Waals surface area contributed by atoms with E-state index in [0.717, 1.165) is 0 Å². The second-order valence-corrected chi connectivity index (χ2v) is 4.25. The third-order valence-electron chi connectivity index (χ3n) is 2.52. The van der Waals surface area contributed by atoms with Crippen molar-refractivity contribution in [3.63, 3.8) is 0 Å². The second-order valence-electron chi connectivity index (χ2n) is 4.25. The maximum atomic E-state index is 11.7. The molecule has 1 saturated heterocycles. The van der Waals surface area contributed by atoms with Crippen LogP contribution < -0.4 is 0 Å². The fraction of sp³-hybridized carbons (Fsp3) is 0.583. The molecule has 4 nitrogen and oxygen atoms in total. The van der Waals surface area contributed by atoms with E-state index < -0.39 is 5.79 Å². The molecule has 0 aromatic heterocycles. The number of carbonyl (C=O) groups excluding carboxylic acids is 1. The fourth-order valence-corrected chi connectivity index (χ4v) is 1.93.